The Balaban J connectivity index is 4.00. The minimum Gasteiger partial charge on any atom is -0.0863 e. The second kappa shape index (κ2) is 3.60. The quantitative estimate of drug-likeness (QED) is 0.569. The number of rotatable bonds is 1. The van der Waals surface area contributed by atoms with Gasteiger partial charge in [0.05, 0.1) is 5.03 Å². The van der Waals surface area contributed by atoms with E-state index in [1.807, 2.05) is 13.8 Å². The Bertz CT molecular complexity index is 100. The van der Waals surface area contributed by atoms with E-state index in [4.69, 9.17) is 34.8 Å². The van der Waals surface area contributed by atoms with Gasteiger partial charge in [-0.2, -0.15) is 0 Å². The standard InChI is InChI=1S/C5H7Cl3/c1-3(2)4(6)5(7)8/h3H,1-2H3. The molecule has 0 fully saturated rings. The molecule has 0 aromatic rings. The van der Waals surface area contributed by atoms with Crippen LogP contribution >= 0.6 is 34.8 Å². The lowest BCUT2D eigenvalue weighted by atomic mass is 10.2. The third-order valence-corrected chi connectivity index (χ3v) is 1.91. The molecule has 0 aliphatic heterocycles. The lowest BCUT2D eigenvalue weighted by Crippen LogP contribution is -1.84. The smallest absolute Gasteiger partial charge is 0.0863 e. The fourth-order valence-electron chi connectivity index (χ4n) is 0.218. The van der Waals surface area contributed by atoms with Gasteiger partial charge in [0.2, 0.25) is 0 Å². The van der Waals surface area contributed by atoms with E-state index in [9.17, 15) is 0 Å². The van der Waals surface area contributed by atoms with E-state index in [0.717, 1.165) is 0 Å². The summed E-state index contributed by atoms with van der Waals surface area (Å²) in [6.45, 7) is 3.85. The summed E-state index contributed by atoms with van der Waals surface area (Å²) >= 11 is 16.2. The molecule has 3 heteroatoms. The van der Waals surface area contributed by atoms with Gasteiger partial charge in [-0.25, -0.2) is 0 Å². The highest BCUT2D eigenvalue weighted by atomic mass is 35.5. The van der Waals surface area contributed by atoms with Gasteiger partial charge >= 0.3 is 0 Å². The number of halogens is 3. The van der Waals surface area contributed by atoms with Gasteiger partial charge in [0.1, 0.15) is 4.49 Å². The van der Waals surface area contributed by atoms with Gasteiger partial charge in [-0.1, -0.05) is 48.7 Å². The van der Waals surface area contributed by atoms with Crippen molar-refractivity contribution in [2.45, 2.75) is 13.8 Å². The van der Waals surface area contributed by atoms with Gasteiger partial charge in [-0.05, 0) is 5.92 Å². The molecular weight excluding hydrogens is 166 g/mol. The molecule has 8 heavy (non-hydrogen) atoms. The lowest BCUT2D eigenvalue weighted by molar-refractivity contribution is 0.813. The van der Waals surface area contributed by atoms with Crippen molar-refractivity contribution in [3.63, 3.8) is 0 Å². The monoisotopic (exact) mass is 172 g/mol. The molecule has 48 valence electrons. The van der Waals surface area contributed by atoms with E-state index >= 15 is 0 Å². The molecule has 0 aromatic heterocycles. The Morgan fingerprint density at radius 2 is 1.50 bits per heavy atom. The highest BCUT2D eigenvalue weighted by Gasteiger charge is 2.02. The molecule has 0 atom stereocenters. The molecule has 0 heterocycles. The second-order valence-electron chi connectivity index (χ2n) is 1.76. The first-order chi connectivity index (χ1) is 3.55. The largest absolute Gasteiger partial charge is 0.121 e. The zero-order valence-electron chi connectivity index (χ0n) is 4.71. The first-order valence-electron chi connectivity index (χ1n) is 2.26. The molecule has 0 unspecified atom stereocenters. The van der Waals surface area contributed by atoms with Crippen LogP contribution in [-0.2, 0) is 0 Å². The van der Waals surface area contributed by atoms with Crippen molar-refractivity contribution in [2.24, 2.45) is 5.92 Å². The first-order valence-corrected chi connectivity index (χ1v) is 3.39. The van der Waals surface area contributed by atoms with Crippen LogP contribution in [0, 0.1) is 5.92 Å². The van der Waals surface area contributed by atoms with Crippen molar-refractivity contribution in [1.29, 1.82) is 0 Å². The minimum atomic E-state index is 0.168. The Labute approximate surface area is 64.4 Å². The van der Waals surface area contributed by atoms with E-state index in [0.29, 0.717) is 5.03 Å². The van der Waals surface area contributed by atoms with Crippen molar-refractivity contribution >= 4 is 34.8 Å². The third kappa shape index (κ3) is 2.81. The van der Waals surface area contributed by atoms with E-state index in [-0.39, 0.29) is 10.4 Å². The summed E-state index contributed by atoms with van der Waals surface area (Å²) < 4.78 is 0.168. The van der Waals surface area contributed by atoms with Crippen molar-refractivity contribution < 1.29 is 0 Å². The van der Waals surface area contributed by atoms with Crippen molar-refractivity contribution in [2.75, 3.05) is 0 Å². The predicted molar refractivity (Wildman–Crippen MR) is 39.4 cm³/mol. The molecule has 0 aliphatic carbocycles. The Hall–Kier alpha value is 0.610. The van der Waals surface area contributed by atoms with Crippen LogP contribution < -0.4 is 0 Å². The maximum atomic E-state index is 5.57. The van der Waals surface area contributed by atoms with Crippen molar-refractivity contribution in [3.05, 3.63) is 9.52 Å². The summed E-state index contributed by atoms with van der Waals surface area (Å²) in [4.78, 5) is 0. The zero-order chi connectivity index (χ0) is 6.73. The molecule has 0 radical (unpaired) electrons. The molecule has 0 saturated carbocycles. The molecule has 0 rings (SSSR count). The highest BCUT2D eigenvalue weighted by molar-refractivity contribution is 6.59. The molecule has 0 aromatic carbocycles. The predicted octanol–water partition coefficient (Wildman–Crippen LogP) is 3.53. The van der Waals surface area contributed by atoms with Crippen LogP contribution in [0.3, 0.4) is 0 Å². The molecule has 0 saturated heterocycles. The van der Waals surface area contributed by atoms with E-state index in [1.165, 1.54) is 0 Å². The van der Waals surface area contributed by atoms with Crippen LogP contribution in [0.2, 0.25) is 0 Å². The summed E-state index contributed by atoms with van der Waals surface area (Å²) in [6, 6.07) is 0. The van der Waals surface area contributed by atoms with Gasteiger partial charge in [0.15, 0.2) is 0 Å². The fourth-order valence-corrected chi connectivity index (χ4v) is 0.655. The van der Waals surface area contributed by atoms with Gasteiger partial charge in [-0.3, -0.25) is 0 Å². The lowest BCUT2D eigenvalue weighted by Gasteiger charge is -1.99. The number of allylic oxidation sites excluding steroid dienone is 1. The first kappa shape index (κ1) is 8.61. The normalized spacial score (nSPS) is 9.75. The van der Waals surface area contributed by atoms with Gasteiger partial charge in [-0.15, -0.1) is 0 Å². The molecule has 0 N–H and O–H groups in total. The van der Waals surface area contributed by atoms with Crippen LogP contribution in [0.5, 0.6) is 0 Å². The average molecular weight is 173 g/mol. The van der Waals surface area contributed by atoms with E-state index in [1.54, 1.807) is 0 Å². The number of hydrogen-bond donors (Lipinski definition) is 0. The third-order valence-electron chi connectivity index (χ3n) is 0.687. The molecule has 0 nitrogen and oxygen atoms in total. The van der Waals surface area contributed by atoms with Gasteiger partial charge < -0.3 is 0 Å². The molecular formula is C5H7Cl3. The Kier molecular flexibility index (Phi) is 3.87. The Morgan fingerprint density at radius 1 is 1.12 bits per heavy atom. The van der Waals surface area contributed by atoms with Gasteiger partial charge in [0, 0.05) is 0 Å². The summed E-state index contributed by atoms with van der Waals surface area (Å²) in [7, 11) is 0. The molecule has 0 spiro atoms. The minimum absolute atomic E-state index is 0.168. The highest BCUT2D eigenvalue weighted by Crippen LogP contribution is 2.24. The fraction of sp³-hybridized carbons (Fsp3) is 0.600. The summed E-state index contributed by atoms with van der Waals surface area (Å²) in [5.41, 5.74) is 0. The summed E-state index contributed by atoms with van der Waals surface area (Å²) in [5, 5.41) is 0.522. The average Bonchev–Trinajstić information content (AvgIpc) is 1.64. The van der Waals surface area contributed by atoms with Crippen LogP contribution in [0.1, 0.15) is 13.8 Å². The van der Waals surface area contributed by atoms with Crippen molar-refractivity contribution in [3.8, 4) is 0 Å². The van der Waals surface area contributed by atoms with Crippen molar-refractivity contribution in [1.82, 2.24) is 0 Å². The summed E-state index contributed by atoms with van der Waals surface area (Å²) in [5.74, 6) is 0.224. The molecule has 0 amide bonds. The molecule has 0 aliphatic rings. The molecule has 0 bridgehead atoms. The zero-order valence-corrected chi connectivity index (χ0v) is 6.98. The number of hydrogen-bond acceptors (Lipinski definition) is 0. The maximum Gasteiger partial charge on any atom is 0.121 e. The topological polar surface area (TPSA) is 0 Å². The van der Waals surface area contributed by atoms with Crippen LogP contribution in [0.25, 0.3) is 0 Å². The maximum absolute atomic E-state index is 5.57. The SMILES string of the molecule is CC(C)C(Cl)=C(Cl)Cl. The second-order valence-corrected chi connectivity index (χ2v) is 3.12. The van der Waals surface area contributed by atoms with E-state index in [2.05, 4.69) is 0 Å². The van der Waals surface area contributed by atoms with Crippen LogP contribution in [0.4, 0.5) is 0 Å². The summed E-state index contributed by atoms with van der Waals surface area (Å²) in [6.07, 6.45) is 0. The van der Waals surface area contributed by atoms with Crippen LogP contribution in [-0.4, -0.2) is 0 Å². The Morgan fingerprint density at radius 3 is 1.50 bits per heavy atom. The van der Waals surface area contributed by atoms with E-state index < -0.39 is 0 Å². The van der Waals surface area contributed by atoms with Gasteiger partial charge in [0.25, 0.3) is 0 Å². The van der Waals surface area contributed by atoms with Crippen LogP contribution in [0.15, 0.2) is 9.52 Å².